The van der Waals surface area contributed by atoms with Crippen molar-refractivity contribution >= 4 is 43.6 Å². The van der Waals surface area contributed by atoms with Gasteiger partial charge in [-0.15, -0.1) is 6.58 Å². The summed E-state index contributed by atoms with van der Waals surface area (Å²) in [5, 5.41) is 0. The second kappa shape index (κ2) is 9.48. The average Bonchev–Trinajstić information content (AvgIpc) is 1.65. The Bertz CT molecular complexity index is 69.8. The maximum atomic E-state index is 5.02. The van der Waals surface area contributed by atoms with E-state index in [1.807, 2.05) is 6.92 Å². The van der Waals surface area contributed by atoms with Crippen molar-refractivity contribution in [2.45, 2.75) is 20.3 Å². The molecule has 0 heterocycles. The number of halogens is 3. The van der Waals surface area contributed by atoms with Gasteiger partial charge in [-0.3, -0.25) is 0 Å². The molecular weight excluding hydrogens is 281 g/mol. The monoisotopic (exact) mass is 290 g/mol. The molecule has 0 aliphatic rings. The molecule has 0 atom stereocenters. The average molecular weight is 291 g/mol. The standard InChI is InChI=1S/C5H10.3ClH.In/c1-4-5(2)3;;;;/h2,4H2,1,3H3;3*1H;/q;;;;+3/p-3. The molecule has 0 amide bonds. The first-order valence-corrected chi connectivity index (χ1v) is 15.1. The number of rotatable bonds is 1. The summed E-state index contributed by atoms with van der Waals surface area (Å²) in [6.07, 6.45) is 1.11. The molecule has 0 aliphatic heterocycles. The van der Waals surface area contributed by atoms with Crippen LogP contribution in [0, 0.1) is 0 Å². The molecule has 0 aromatic rings. The third-order valence-corrected chi connectivity index (χ3v) is 0.604. The van der Waals surface area contributed by atoms with E-state index in [0.717, 1.165) is 6.42 Å². The molecule has 0 radical (unpaired) electrons. The van der Waals surface area contributed by atoms with Crippen LogP contribution in [0.15, 0.2) is 12.2 Å². The molecule has 0 nitrogen and oxygen atoms in total. The summed E-state index contributed by atoms with van der Waals surface area (Å²) in [4.78, 5) is 0. The van der Waals surface area contributed by atoms with Gasteiger partial charge in [0.15, 0.2) is 0 Å². The predicted octanol–water partition coefficient (Wildman–Crippen LogP) is 3.66. The van der Waals surface area contributed by atoms with E-state index in [1.54, 1.807) is 0 Å². The van der Waals surface area contributed by atoms with Crippen molar-refractivity contribution in [3.63, 3.8) is 0 Å². The summed E-state index contributed by atoms with van der Waals surface area (Å²) < 4.78 is 0. The third kappa shape index (κ3) is 43.8. The number of hydrogen-bond donors (Lipinski definition) is 0. The Morgan fingerprint density at radius 2 is 1.56 bits per heavy atom. The van der Waals surface area contributed by atoms with Gasteiger partial charge in [0.2, 0.25) is 0 Å². The Balaban J connectivity index is 0. The van der Waals surface area contributed by atoms with Crippen LogP contribution in [0.1, 0.15) is 20.3 Å². The van der Waals surface area contributed by atoms with E-state index < -0.39 is 17.9 Å². The van der Waals surface area contributed by atoms with Gasteiger partial charge in [-0.25, -0.2) is 0 Å². The molecule has 54 valence electrons. The van der Waals surface area contributed by atoms with Crippen molar-refractivity contribution in [1.82, 2.24) is 0 Å². The summed E-state index contributed by atoms with van der Waals surface area (Å²) in [5.41, 5.74) is 1.25. The van der Waals surface area contributed by atoms with Crippen LogP contribution in [-0.4, -0.2) is 17.9 Å². The molecule has 0 aliphatic carbocycles. The Morgan fingerprint density at radius 1 is 1.44 bits per heavy atom. The van der Waals surface area contributed by atoms with Crippen LogP contribution in [0.2, 0.25) is 0 Å². The van der Waals surface area contributed by atoms with Crippen LogP contribution in [0.3, 0.4) is 0 Å². The van der Waals surface area contributed by atoms with Crippen molar-refractivity contribution in [3.8, 4) is 0 Å². The minimum atomic E-state index is -2.22. The molecule has 4 heteroatoms. The second-order valence-electron chi connectivity index (χ2n) is 1.56. The van der Waals surface area contributed by atoms with Crippen LogP contribution in [-0.2, 0) is 0 Å². The maximum absolute atomic E-state index is 5.02. The zero-order valence-electron chi connectivity index (χ0n) is 5.63. The fraction of sp³-hybridized carbons (Fsp3) is 0.600. The van der Waals surface area contributed by atoms with Gasteiger partial charge in [-0.2, -0.15) is 0 Å². The van der Waals surface area contributed by atoms with E-state index >= 15 is 0 Å². The first-order valence-electron chi connectivity index (χ1n) is 2.57. The number of hydrogen-bond acceptors (Lipinski definition) is 0. The van der Waals surface area contributed by atoms with Crippen LogP contribution in [0.5, 0.6) is 0 Å². The van der Waals surface area contributed by atoms with E-state index in [0.29, 0.717) is 0 Å². The van der Waals surface area contributed by atoms with Gasteiger partial charge >= 0.3 is 43.6 Å². The number of allylic oxidation sites excluding steroid dienone is 1. The van der Waals surface area contributed by atoms with Gasteiger partial charge in [-0.1, -0.05) is 12.5 Å². The summed E-state index contributed by atoms with van der Waals surface area (Å²) in [7, 11) is 15.0. The van der Waals surface area contributed by atoms with Crippen LogP contribution < -0.4 is 0 Å². The zero-order chi connectivity index (χ0) is 7.86. The molecular formula is C5H10Cl3In. The Hall–Kier alpha value is 1.48. The topological polar surface area (TPSA) is 0 Å². The van der Waals surface area contributed by atoms with Crippen molar-refractivity contribution in [2.75, 3.05) is 0 Å². The molecule has 0 unspecified atom stereocenters. The third-order valence-electron chi connectivity index (χ3n) is 0.604. The molecule has 0 aromatic heterocycles. The summed E-state index contributed by atoms with van der Waals surface area (Å²) >= 11 is -2.22. The van der Waals surface area contributed by atoms with Crippen LogP contribution in [0.25, 0.3) is 0 Å². The van der Waals surface area contributed by atoms with E-state index in [2.05, 4.69) is 13.5 Å². The predicted molar refractivity (Wildman–Crippen MR) is 48.4 cm³/mol. The molecule has 0 saturated carbocycles. The van der Waals surface area contributed by atoms with Gasteiger partial charge in [-0.05, 0) is 13.3 Å². The Labute approximate surface area is 75.4 Å². The quantitative estimate of drug-likeness (QED) is 0.647. The fourth-order valence-electron chi connectivity index (χ4n) is 0. The molecule has 0 N–H and O–H groups in total. The van der Waals surface area contributed by atoms with Gasteiger partial charge in [0.1, 0.15) is 0 Å². The molecule has 0 fully saturated rings. The van der Waals surface area contributed by atoms with E-state index in [9.17, 15) is 0 Å². The first-order chi connectivity index (χ1) is 4.00. The van der Waals surface area contributed by atoms with E-state index in [-0.39, 0.29) is 0 Å². The van der Waals surface area contributed by atoms with Crippen LogP contribution >= 0.6 is 25.7 Å². The summed E-state index contributed by atoms with van der Waals surface area (Å²) in [6, 6.07) is 0. The molecule has 0 rings (SSSR count). The van der Waals surface area contributed by atoms with Crippen molar-refractivity contribution in [3.05, 3.63) is 12.2 Å². The SMILES string of the molecule is C=C(C)CC.[Cl][In]([Cl])[Cl]. The fourth-order valence-corrected chi connectivity index (χ4v) is 0. The van der Waals surface area contributed by atoms with Gasteiger partial charge in [0, 0.05) is 0 Å². The second-order valence-corrected chi connectivity index (χ2v) is 16.2. The van der Waals surface area contributed by atoms with Gasteiger partial charge in [0.25, 0.3) is 0 Å². The zero-order valence-corrected chi connectivity index (χ0v) is 11.2. The normalized spacial score (nSPS) is 7.22. The summed E-state index contributed by atoms with van der Waals surface area (Å²) in [6.45, 7) is 7.80. The Morgan fingerprint density at radius 3 is 1.56 bits per heavy atom. The Kier molecular flexibility index (Phi) is 13.8. The minimum absolute atomic E-state index is 1.11. The van der Waals surface area contributed by atoms with Crippen molar-refractivity contribution in [2.24, 2.45) is 0 Å². The molecule has 0 saturated heterocycles. The molecule has 0 bridgehead atoms. The van der Waals surface area contributed by atoms with E-state index in [1.165, 1.54) is 5.57 Å². The van der Waals surface area contributed by atoms with E-state index in [4.69, 9.17) is 25.7 Å². The van der Waals surface area contributed by atoms with Crippen LogP contribution in [0.4, 0.5) is 0 Å². The first kappa shape index (κ1) is 13.1. The van der Waals surface area contributed by atoms with Gasteiger partial charge in [0.05, 0.1) is 0 Å². The van der Waals surface area contributed by atoms with Crippen molar-refractivity contribution in [1.29, 1.82) is 0 Å². The molecule has 0 aromatic carbocycles. The van der Waals surface area contributed by atoms with Crippen molar-refractivity contribution < 1.29 is 0 Å². The molecule has 9 heavy (non-hydrogen) atoms. The summed E-state index contributed by atoms with van der Waals surface area (Å²) in [5.74, 6) is 0. The molecule has 0 spiro atoms. The van der Waals surface area contributed by atoms with Gasteiger partial charge < -0.3 is 0 Å².